The summed E-state index contributed by atoms with van der Waals surface area (Å²) in [7, 11) is 1.94. The number of anilines is 1. The van der Waals surface area contributed by atoms with Crippen LogP contribution < -0.4 is 10.2 Å². The van der Waals surface area contributed by atoms with Gasteiger partial charge in [0.1, 0.15) is 5.01 Å². The molecule has 7 heteroatoms. The van der Waals surface area contributed by atoms with Crippen molar-refractivity contribution < 1.29 is 9.59 Å². The van der Waals surface area contributed by atoms with Gasteiger partial charge in [-0.3, -0.25) is 9.69 Å². The third-order valence-corrected chi connectivity index (χ3v) is 4.41. The summed E-state index contributed by atoms with van der Waals surface area (Å²) in [5.41, 5.74) is 2.12. The third-order valence-electron chi connectivity index (χ3n) is 3.58. The maximum Gasteiger partial charge on any atom is 0.324 e. The highest BCUT2D eigenvalue weighted by molar-refractivity contribution is 7.13. The molecule has 1 fully saturated rings. The summed E-state index contributed by atoms with van der Waals surface area (Å²) in [6.45, 7) is 1.08. The van der Waals surface area contributed by atoms with E-state index in [9.17, 15) is 9.59 Å². The zero-order valence-corrected chi connectivity index (χ0v) is 13.0. The van der Waals surface area contributed by atoms with Crippen molar-refractivity contribution in [2.75, 3.05) is 31.6 Å². The lowest BCUT2D eigenvalue weighted by Gasteiger charge is -2.22. The average Bonchev–Trinajstić information content (AvgIpc) is 3.17. The summed E-state index contributed by atoms with van der Waals surface area (Å²) in [4.78, 5) is 30.6. The number of nitrogens with zero attached hydrogens (tertiary/aromatic N) is 3. The van der Waals surface area contributed by atoms with Gasteiger partial charge in [0.15, 0.2) is 0 Å². The summed E-state index contributed by atoms with van der Waals surface area (Å²) in [5, 5.41) is 5.46. The van der Waals surface area contributed by atoms with Gasteiger partial charge in [0.2, 0.25) is 5.91 Å². The predicted molar refractivity (Wildman–Crippen MR) is 85.9 cm³/mol. The average molecular weight is 316 g/mol. The number of aromatic nitrogens is 1. The van der Waals surface area contributed by atoms with Gasteiger partial charge < -0.3 is 10.2 Å². The molecule has 3 rings (SSSR count). The number of thiazole rings is 1. The molecule has 1 aliphatic heterocycles. The van der Waals surface area contributed by atoms with Crippen LogP contribution in [0.4, 0.5) is 10.5 Å². The number of urea groups is 1. The lowest BCUT2D eigenvalue weighted by Crippen LogP contribution is -2.37. The summed E-state index contributed by atoms with van der Waals surface area (Å²) in [6.07, 6.45) is 1.79. The number of likely N-dealkylation sites (N-methyl/N-ethyl adjacent to an activating group) is 1. The first-order valence-corrected chi connectivity index (χ1v) is 7.82. The van der Waals surface area contributed by atoms with Crippen LogP contribution in [-0.4, -0.2) is 48.5 Å². The van der Waals surface area contributed by atoms with E-state index in [1.54, 1.807) is 17.5 Å². The predicted octanol–water partition coefficient (Wildman–Crippen LogP) is 1.80. The number of nitrogens with one attached hydrogen (secondary N) is 1. The van der Waals surface area contributed by atoms with Crippen LogP contribution in [0.25, 0.3) is 10.6 Å². The number of rotatable bonds is 5. The Morgan fingerprint density at radius 2 is 2.09 bits per heavy atom. The number of carbonyl (C=O) groups is 2. The standard InChI is InChI=1S/C15H16N4O2S/c1-18(7-8-19-13(20)10-17-15(19)21)12-4-2-11(3-5-12)14-16-6-9-22-14/h2-6,9H,7-8,10H2,1H3,(H,17,21). The Bertz CT molecular complexity index is 653. The first-order valence-electron chi connectivity index (χ1n) is 6.94. The van der Waals surface area contributed by atoms with Gasteiger partial charge in [0.05, 0.1) is 6.54 Å². The van der Waals surface area contributed by atoms with Gasteiger partial charge in [-0.25, -0.2) is 9.78 Å². The van der Waals surface area contributed by atoms with E-state index in [4.69, 9.17) is 0 Å². The second-order valence-corrected chi connectivity index (χ2v) is 5.90. The van der Waals surface area contributed by atoms with E-state index < -0.39 is 0 Å². The number of carbonyl (C=O) groups excluding carboxylic acids is 2. The molecule has 0 spiro atoms. The summed E-state index contributed by atoms with van der Waals surface area (Å²) < 4.78 is 0. The van der Waals surface area contributed by atoms with E-state index in [1.807, 2.05) is 41.6 Å². The van der Waals surface area contributed by atoms with E-state index in [2.05, 4.69) is 10.3 Å². The fraction of sp³-hybridized carbons (Fsp3) is 0.267. The van der Waals surface area contributed by atoms with Gasteiger partial charge >= 0.3 is 6.03 Å². The van der Waals surface area contributed by atoms with Crippen LogP contribution in [0.5, 0.6) is 0 Å². The van der Waals surface area contributed by atoms with Crippen LogP contribution in [0, 0.1) is 0 Å². The first-order chi connectivity index (χ1) is 10.6. The normalized spacial score (nSPS) is 14.3. The third kappa shape index (κ3) is 2.94. The van der Waals surface area contributed by atoms with Crippen molar-refractivity contribution in [1.82, 2.24) is 15.2 Å². The molecule has 0 aliphatic carbocycles. The van der Waals surface area contributed by atoms with Crippen molar-refractivity contribution in [2.45, 2.75) is 0 Å². The highest BCUT2D eigenvalue weighted by Crippen LogP contribution is 2.24. The minimum Gasteiger partial charge on any atom is -0.373 e. The van der Waals surface area contributed by atoms with Gasteiger partial charge in [0, 0.05) is 43.0 Å². The lowest BCUT2D eigenvalue weighted by atomic mass is 10.2. The molecular formula is C15H16N4O2S. The van der Waals surface area contributed by atoms with Crippen LogP contribution in [0.3, 0.4) is 0 Å². The van der Waals surface area contributed by atoms with Crippen molar-refractivity contribution in [2.24, 2.45) is 0 Å². The number of benzene rings is 1. The maximum absolute atomic E-state index is 11.5. The fourth-order valence-electron chi connectivity index (χ4n) is 2.29. The Labute approximate surface area is 132 Å². The largest absolute Gasteiger partial charge is 0.373 e. The zero-order chi connectivity index (χ0) is 15.5. The van der Waals surface area contributed by atoms with Gasteiger partial charge in [-0.15, -0.1) is 11.3 Å². The Morgan fingerprint density at radius 3 is 2.68 bits per heavy atom. The second-order valence-electron chi connectivity index (χ2n) is 5.01. The smallest absolute Gasteiger partial charge is 0.324 e. The van der Waals surface area contributed by atoms with Crippen molar-refractivity contribution in [3.8, 4) is 10.6 Å². The van der Waals surface area contributed by atoms with E-state index in [1.165, 1.54) is 4.90 Å². The number of imide groups is 1. The first kappa shape index (κ1) is 14.5. The quantitative estimate of drug-likeness (QED) is 0.854. The SMILES string of the molecule is CN(CCN1C(=O)CNC1=O)c1ccc(-c2nccs2)cc1. The molecule has 2 heterocycles. The molecule has 6 nitrogen and oxygen atoms in total. The van der Waals surface area contributed by atoms with Crippen molar-refractivity contribution >= 4 is 29.0 Å². The van der Waals surface area contributed by atoms with Gasteiger partial charge in [0.25, 0.3) is 0 Å². The van der Waals surface area contributed by atoms with E-state index in [-0.39, 0.29) is 18.5 Å². The summed E-state index contributed by atoms with van der Waals surface area (Å²) in [5.74, 6) is -0.169. The number of hydrogen-bond acceptors (Lipinski definition) is 5. The minimum atomic E-state index is -0.308. The maximum atomic E-state index is 11.5. The molecule has 1 aromatic heterocycles. The van der Waals surface area contributed by atoms with E-state index in [0.29, 0.717) is 13.1 Å². The Hall–Kier alpha value is -2.41. The zero-order valence-electron chi connectivity index (χ0n) is 12.2. The van der Waals surface area contributed by atoms with Gasteiger partial charge in [-0.05, 0) is 24.3 Å². The Morgan fingerprint density at radius 1 is 1.32 bits per heavy atom. The molecule has 114 valence electrons. The van der Waals surface area contributed by atoms with Crippen molar-refractivity contribution in [3.63, 3.8) is 0 Å². The molecule has 1 saturated heterocycles. The van der Waals surface area contributed by atoms with Gasteiger partial charge in [-0.2, -0.15) is 0 Å². The molecular weight excluding hydrogens is 300 g/mol. The highest BCUT2D eigenvalue weighted by atomic mass is 32.1. The monoisotopic (exact) mass is 316 g/mol. The molecule has 1 N–H and O–H groups in total. The van der Waals surface area contributed by atoms with E-state index in [0.717, 1.165) is 16.3 Å². The summed E-state index contributed by atoms with van der Waals surface area (Å²) in [6, 6.07) is 7.78. The topological polar surface area (TPSA) is 65.5 Å². The lowest BCUT2D eigenvalue weighted by molar-refractivity contribution is -0.124. The molecule has 0 bridgehead atoms. The highest BCUT2D eigenvalue weighted by Gasteiger charge is 2.27. The van der Waals surface area contributed by atoms with E-state index >= 15 is 0 Å². The van der Waals surface area contributed by atoms with Crippen molar-refractivity contribution in [1.29, 1.82) is 0 Å². The minimum absolute atomic E-state index is 0.102. The molecule has 3 amide bonds. The second kappa shape index (κ2) is 6.15. The number of amides is 3. The molecule has 0 atom stereocenters. The Balaban J connectivity index is 1.61. The molecule has 1 aliphatic rings. The fourth-order valence-corrected chi connectivity index (χ4v) is 2.93. The van der Waals surface area contributed by atoms with Crippen LogP contribution in [-0.2, 0) is 4.79 Å². The Kier molecular flexibility index (Phi) is 4.06. The molecule has 0 unspecified atom stereocenters. The van der Waals surface area contributed by atoms with Crippen LogP contribution in [0.2, 0.25) is 0 Å². The molecule has 22 heavy (non-hydrogen) atoms. The van der Waals surface area contributed by atoms with Crippen LogP contribution in [0.1, 0.15) is 0 Å². The molecule has 0 saturated carbocycles. The van der Waals surface area contributed by atoms with Crippen molar-refractivity contribution in [3.05, 3.63) is 35.8 Å². The van der Waals surface area contributed by atoms with Crippen LogP contribution in [0.15, 0.2) is 35.8 Å². The molecule has 1 aromatic carbocycles. The molecule has 0 radical (unpaired) electrons. The van der Waals surface area contributed by atoms with Gasteiger partial charge in [-0.1, -0.05) is 0 Å². The van der Waals surface area contributed by atoms with Crippen LogP contribution >= 0.6 is 11.3 Å². The number of hydrogen-bond donors (Lipinski definition) is 1. The molecule has 2 aromatic rings. The summed E-state index contributed by atoms with van der Waals surface area (Å²) >= 11 is 1.60.